The van der Waals surface area contributed by atoms with Gasteiger partial charge in [-0.25, -0.2) is 4.39 Å². The highest BCUT2D eigenvalue weighted by Gasteiger charge is 2.18. The number of hydrogen-bond acceptors (Lipinski definition) is 5. The quantitative estimate of drug-likeness (QED) is 0.743. The largest absolute Gasteiger partial charge is 0.467 e. The molecule has 1 aliphatic heterocycles. The van der Waals surface area contributed by atoms with Crippen molar-refractivity contribution < 1.29 is 13.9 Å². The number of fused-ring (bicyclic) bond motifs is 1. The van der Waals surface area contributed by atoms with Crippen molar-refractivity contribution in [3.63, 3.8) is 0 Å². The molecule has 0 N–H and O–H groups in total. The zero-order valence-corrected chi connectivity index (χ0v) is 12.1. The van der Waals surface area contributed by atoms with Gasteiger partial charge in [-0.2, -0.15) is 4.80 Å². The summed E-state index contributed by atoms with van der Waals surface area (Å²) < 4.78 is 24.4. The van der Waals surface area contributed by atoms with Crippen molar-refractivity contribution >= 4 is 0 Å². The van der Waals surface area contributed by atoms with Crippen LogP contribution in [0, 0.1) is 5.82 Å². The van der Waals surface area contributed by atoms with Crippen LogP contribution in [-0.4, -0.2) is 27.0 Å². The minimum Gasteiger partial charge on any atom is -0.467 e. The Hall–Kier alpha value is -2.80. The highest BCUT2D eigenvalue weighted by molar-refractivity contribution is 5.53. The summed E-state index contributed by atoms with van der Waals surface area (Å²) in [6, 6.07) is 12.4. The standard InChI is InChI=1S/C16H13FN4O2/c17-14-6-12(15-13(7-14)9-22-10-23-15)8-21-19-16(18-20-21)11-4-2-1-3-5-11/h1-7H,8-10H2. The van der Waals surface area contributed by atoms with Gasteiger partial charge < -0.3 is 9.47 Å². The molecule has 0 saturated heterocycles. The van der Waals surface area contributed by atoms with Gasteiger partial charge in [-0.15, -0.1) is 10.2 Å². The first-order valence-corrected chi connectivity index (χ1v) is 7.15. The van der Waals surface area contributed by atoms with Gasteiger partial charge >= 0.3 is 0 Å². The second-order valence-electron chi connectivity index (χ2n) is 5.17. The second-order valence-corrected chi connectivity index (χ2v) is 5.17. The molecule has 0 aliphatic carbocycles. The summed E-state index contributed by atoms with van der Waals surface area (Å²) in [5, 5.41) is 12.4. The molecule has 0 radical (unpaired) electrons. The van der Waals surface area contributed by atoms with Crippen molar-refractivity contribution in [2.75, 3.05) is 6.79 Å². The van der Waals surface area contributed by atoms with Crippen molar-refractivity contribution in [3.05, 3.63) is 59.4 Å². The fourth-order valence-corrected chi connectivity index (χ4v) is 2.54. The summed E-state index contributed by atoms with van der Waals surface area (Å²) in [6.07, 6.45) is 0. The molecule has 2 aromatic carbocycles. The third kappa shape index (κ3) is 2.78. The Kier molecular flexibility index (Phi) is 3.47. The molecule has 0 saturated carbocycles. The summed E-state index contributed by atoms with van der Waals surface area (Å²) in [5.41, 5.74) is 2.24. The molecule has 0 atom stereocenters. The minimum absolute atomic E-state index is 0.158. The van der Waals surface area contributed by atoms with Gasteiger partial charge in [-0.1, -0.05) is 30.3 Å². The fourth-order valence-electron chi connectivity index (χ4n) is 2.54. The lowest BCUT2D eigenvalue weighted by Crippen LogP contribution is -2.15. The maximum Gasteiger partial charge on any atom is 0.204 e. The van der Waals surface area contributed by atoms with E-state index in [0.29, 0.717) is 29.3 Å². The first kappa shape index (κ1) is 13.8. The maximum absolute atomic E-state index is 13.8. The maximum atomic E-state index is 13.8. The molecule has 1 aromatic heterocycles. The van der Waals surface area contributed by atoms with E-state index >= 15 is 0 Å². The van der Waals surface area contributed by atoms with E-state index in [1.165, 1.54) is 16.9 Å². The van der Waals surface area contributed by atoms with Crippen LogP contribution >= 0.6 is 0 Å². The molecular formula is C16H13FN4O2. The second kappa shape index (κ2) is 5.77. The summed E-state index contributed by atoms with van der Waals surface area (Å²) >= 11 is 0. The Balaban J connectivity index is 1.64. The van der Waals surface area contributed by atoms with Crippen molar-refractivity contribution in [3.8, 4) is 17.1 Å². The lowest BCUT2D eigenvalue weighted by Gasteiger charge is -2.20. The number of aromatic nitrogens is 4. The number of ether oxygens (including phenoxy) is 2. The van der Waals surface area contributed by atoms with Gasteiger partial charge in [-0.3, -0.25) is 0 Å². The normalized spacial score (nSPS) is 13.4. The van der Waals surface area contributed by atoms with Crippen LogP contribution in [0.25, 0.3) is 11.4 Å². The van der Waals surface area contributed by atoms with Crippen LogP contribution in [0.3, 0.4) is 0 Å². The zero-order chi connectivity index (χ0) is 15.6. The highest BCUT2D eigenvalue weighted by Crippen LogP contribution is 2.29. The molecule has 1 aliphatic rings. The van der Waals surface area contributed by atoms with Crippen molar-refractivity contribution in [1.82, 2.24) is 20.2 Å². The summed E-state index contributed by atoms with van der Waals surface area (Å²) in [6.45, 7) is 0.770. The summed E-state index contributed by atoms with van der Waals surface area (Å²) in [7, 11) is 0. The Morgan fingerprint density at radius 2 is 2.04 bits per heavy atom. The lowest BCUT2D eigenvalue weighted by molar-refractivity contribution is -0.0173. The van der Waals surface area contributed by atoms with Crippen LogP contribution in [0.1, 0.15) is 11.1 Å². The Bertz CT molecular complexity index is 835. The SMILES string of the molecule is Fc1cc2c(c(Cn3nnc(-c4ccccc4)n3)c1)OCOC2. The Morgan fingerprint density at radius 1 is 1.17 bits per heavy atom. The van der Waals surface area contributed by atoms with Crippen LogP contribution in [0.15, 0.2) is 42.5 Å². The molecule has 6 nitrogen and oxygen atoms in total. The Labute approximate surface area is 131 Å². The van der Waals surface area contributed by atoms with E-state index in [-0.39, 0.29) is 19.2 Å². The minimum atomic E-state index is -0.337. The average Bonchev–Trinajstić information content (AvgIpc) is 3.04. The molecule has 116 valence electrons. The van der Waals surface area contributed by atoms with Gasteiger partial charge in [0.25, 0.3) is 0 Å². The van der Waals surface area contributed by atoms with Gasteiger partial charge in [0.15, 0.2) is 6.79 Å². The molecule has 0 unspecified atom stereocenters. The van der Waals surface area contributed by atoms with Gasteiger partial charge in [0.05, 0.1) is 13.2 Å². The van der Waals surface area contributed by atoms with Crippen LogP contribution in [-0.2, 0) is 17.9 Å². The number of halogens is 1. The molecule has 0 amide bonds. The highest BCUT2D eigenvalue weighted by atomic mass is 19.1. The van der Waals surface area contributed by atoms with E-state index in [2.05, 4.69) is 15.4 Å². The average molecular weight is 312 g/mol. The van der Waals surface area contributed by atoms with Crippen LogP contribution in [0.2, 0.25) is 0 Å². The van der Waals surface area contributed by atoms with Gasteiger partial charge in [0.2, 0.25) is 5.82 Å². The lowest BCUT2D eigenvalue weighted by atomic mass is 10.1. The van der Waals surface area contributed by atoms with Crippen molar-refractivity contribution in [2.24, 2.45) is 0 Å². The predicted molar refractivity (Wildman–Crippen MR) is 79.0 cm³/mol. The molecule has 7 heteroatoms. The Morgan fingerprint density at radius 3 is 2.91 bits per heavy atom. The number of tetrazole rings is 1. The van der Waals surface area contributed by atoms with Gasteiger partial charge in [0.1, 0.15) is 11.6 Å². The van der Waals surface area contributed by atoms with E-state index in [0.717, 1.165) is 5.56 Å². The van der Waals surface area contributed by atoms with E-state index < -0.39 is 0 Å². The molecule has 0 spiro atoms. The number of hydrogen-bond donors (Lipinski definition) is 0. The molecule has 2 heterocycles. The van der Waals surface area contributed by atoms with Crippen molar-refractivity contribution in [2.45, 2.75) is 13.2 Å². The molecule has 3 aromatic rings. The topological polar surface area (TPSA) is 62.1 Å². The third-order valence-electron chi connectivity index (χ3n) is 3.55. The fraction of sp³-hybridized carbons (Fsp3) is 0.188. The van der Waals surface area contributed by atoms with E-state index in [1.54, 1.807) is 0 Å². The predicted octanol–water partition coefficient (Wildman–Crippen LogP) is 2.39. The first-order valence-electron chi connectivity index (χ1n) is 7.15. The summed E-state index contributed by atoms with van der Waals surface area (Å²) in [4.78, 5) is 1.43. The zero-order valence-electron chi connectivity index (χ0n) is 12.1. The molecule has 0 fully saturated rings. The van der Waals surface area contributed by atoms with E-state index in [4.69, 9.17) is 9.47 Å². The molecule has 23 heavy (non-hydrogen) atoms. The van der Waals surface area contributed by atoms with E-state index in [9.17, 15) is 4.39 Å². The number of benzene rings is 2. The van der Waals surface area contributed by atoms with Crippen LogP contribution in [0.5, 0.6) is 5.75 Å². The number of nitrogens with zero attached hydrogens (tertiary/aromatic N) is 4. The third-order valence-corrected chi connectivity index (χ3v) is 3.55. The molecule has 0 bridgehead atoms. The molecule has 4 rings (SSSR count). The smallest absolute Gasteiger partial charge is 0.204 e. The van der Waals surface area contributed by atoms with Crippen LogP contribution < -0.4 is 4.74 Å². The van der Waals surface area contributed by atoms with Crippen LogP contribution in [0.4, 0.5) is 4.39 Å². The monoisotopic (exact) mass is 312 g/mol. The van der Waals surface area contributed by atoms with Gasteiger partial charge in [0, 0.05) is 16.7 Å². The van der Waals surface area contributed by atoms with Gasteiger partial charge in [-0.05, 0) is 17.3 Å². The van der Waals surface area contributed by atoms with Crippen molar-refractivity contribution in [1.29, 1.82) is 0 Å². The first-order chi connectivity index (χ1) is 11.3. The van der Waals surface area contributed by atoms with E-state index in [1.807, 2.05) is 30.3 Å². The molecular weight excluding hydrogens is 299 g/mol. The number of rotatable bonds is 3. The summed E-state index contributed by atoms with van der Waals surface area (Å²) in [5.74, 6) is 0.826.